The molecule has 1 N–H and O–H groups in total. The average Bonchev–Trinajstić information content (AvgIpc) is 2.77. The number of hydrogen-bond acceptors (Lipinski definition) is 4. The lowest BCUT2D eigenvalue weighted by Gasteiger charge is -2.37. The van der Waals surface area contributed by atoms with Crippen molar-refractivity contribution in [2.45, 2.75) is 44.2 Å². The molecule has 160 valence electrons. The van der Waals surface area contributed by atoms with Crippen molar-refractivity contribution in [3.8, 4) is 17.6 Å². The van der Waals surface area contributed by atoms with Crippen molar-refractivity contribution in [2.24, 2.45) is 0 Å². The molecule has 0 aliphatic carbocycles. The molecule has 0 aromatic heterocycles. The van der Waals surface area contributed by atoms with Crippen LogP contribution in [0, 0.1) is 15.4 Å². The van der Waals surface area contributed by atoms with Gasteiger partial charge in [0, 0.05) is 28.6 Å². The fraction of sp³-hybridized carbons (Fsp3) is 0.440. The number of nitrogens with zero attached hydrogens (tertiary/aromatic N) is 2. The van der Waals surface area contributed by atoms with Crippen LogP contribution in [0.25, 0.3) is 0 Å². The van der Waals surface area contributed by atoms with Crippen LogP contribution in [0.3, 0.4) is 0 Å². The highest BCUT2D eigenvalue weighted by Gasteiger charge is 2.23. The number of hydrogen-bond donors (Lipinski definition) is 1. The second-order valence-electron chi connectivity index (χ2n) is 7.60. The minimum Gasteiger partial charge on any atom is -0.507 e. The van der Waals surface area contributed by atoms with Crippen LogP contribution >= 0.6 is 34.4 Å². The summed E-state index contributed by atoms with van der Waals surface area (Å²) >= 11 is 3.96. The van der Waals surface area contributed by atoms with Gasteiger partial charge in [-0.25, -0.2) is 0 Å². The van der Waals surface area contributed by atoms with Crippen molar-refractivity contribution in [3.05, 3.63) is 57.2 Å². The predicted octanol–water partition coefficient (Wildman–Crippen LogP) is 5.45. The van der Waals surface area contributed by atoms with Gasteiger partial charge in [0.15, 0.2) is 0 Å². The van der Waals surface area contributed by atoms with Crippen LogP contribution in [-0.4, -0.2) is 52.9 Å². The molecule has 3 rings (SSSR count). The van der Waals surface area contributed by atoms with Crippen LogP contribution in [0.2, 0.25) is 0 Å². The van der Waals surface area contributed by atoms with Gasteiger partial charge >= 0.3 is 0 Å². The summed E-state index contributed by atoms with van der Waals surface area (Å²) in [6, 6.07) is 15.1. The van der Waals surface area contributed by atoms with E-state index in [2.05, 4.69) is 88.4 Å². The Labute approximate surface area is 199 Å². The molecule has 0 amide bonds. The highest BCUT2D eigenvalue weighted by molar-refractivity contribution is 14.1. The lowest BCUT2D eigenvalue weighted by Crippen LogP contribution is -2.44. The summed E-state index contributed by atoms with van der Waals surface area (Å²) in [5.74, 6) is 7.72. The Balaban J connectivity index is 1.60. The lowest BCUT2D eigenvalue weighted by atomic mass is 10.0. The van der Waals surface area contributed by atoms with Gasteiger partial charge in [0.25, 0.3) is 0 Å². The van der Waals surface area contributed by atoms with Crippen LogP contribution < -0.4 is 0 Å². The van der Waals surface area contributed by atoms with Gasteiger partial charge in [-0.05, 0) is 85.9 Å². The maximum Gasteiger partial charge on any atom is 0.133 e. The molecule has 0 spiro atoms. The van der Waals surface area contributed by atoms with E-state index in [9.17, 15) is 5.11 Å². The zero-order valence-corrected chi connectivity index (χ0v) is 20.9. The van der Waals surface area contributed by atoms with E-state index in [1.165, 1.54) is 17.7 Å². The predicted molar refractivity (Wildman–Crippen MR) is 136 cm³/mol. The van der Waals surface area contributed by atoms with Crippen LogP contribution in [0.15, 0.2) is 47.4 Å². The van der Waals surface area contributed by atoms with Crippen molar-refractivity contribution in [3.63, 3.8) is 0 Å². The summed E-state index contributed by atoms with van der Waals surface area (Å²) in [4.78, 5) is 6.27. The highest BCUT2D eigenvalue weighted by atomic mass is 127. The molecule has 1 aliphatic heterocycles. The Morgan fingerprint density at radius 3 is 2.50 bits per heavy atom. The Morgan fingerprint density at radius 1 is 1.13 bits per heavy atom. The molecular weight excluding hydrogens is 503 g/mol. The second kappa shape index (κ2) is 12.0. The topological polar surface area (TPSA) is 26.7 Å². The first-order valence-corrected chi connectivity index (χ1v) is 12.8. The first-order chi connectivity index (χ1) is 14.6. The highest BCUT2D eigenvalue weighted by Crippen LogP contribution is 2.28. The van der Waals surface area contributed by atoms with E-state index in [-0.39, 0.29) is 0 Å². The average molecular weight is 535 g/mol. The van der Waals surface area contributed by atoms with Crippen LogP contribution in [0.1, 0.15) is 37.8 Å². The van der Waals surface area contributed by atoms with Crippen molar-refractivity contribution in [1.82, 2.24) is 9.80 Å². The number of benzene rings is 2. The minimum absolute atomic E-state index is 0.408. The number of piperidine rings is 1. The number of phenolic OH excluding ortho intramolecular Hbond substituents is 1. The number of thioether (sulfide) groups is 1. The minimum atomic E-state index is 0.408. The molecule has 30 heavy (non-hydrogen) atoms. The molecule has 1 heterocycles. The van der Waals surface area contributed by atoms with Gasteiger partial charge in [0.1, 0.15) is 5.75 Å². The molecule has 0 bridgehead atoms. The summed E-state index contributed by atoms with van der Waals surface area (Å²) in [7, 11) is 0. The molecule has 1 fully saturated rings. The molecule has 0 atom stereocenters. The molecule has 0 radical (unpaired) electrons. The quantitative estimate of drug-likeness (QED) is 0.291. The normalized spacial score (nSPS) is 15.2. The number of halogens is 1. The number of aromatic hydroxyl groups is 1. The molecule has 5 heteroatoms. The third-order valence-electron chi connectivity index (χ3n) is 5.71. The maximum atomic E-state index is 10.6. The summed E-state index contributed by atoms with van der Waals surface area (Å²) in [6.45, 7) is 9.72. The summed E-state index contributed by atoms with van der Waals surface area (Å²) in [6.07, 6.45) is 2.41. The third-order valence-corrected chi connectivity index (χ3v) is 7.43. The van der Waals surface area contributed by atoms with Gasteiger partial charge in [-0.2, -0.15) is 0 Å². The van der Waals surface area contributed by atoms with Gasteiger partial charge < -0.3 is 10.0 Å². The van der Waals surface area contributed by atoms with Crippen molar-refractivity contribution >= 4 is 34.4 Å². The van der Waals surface area contributed by atoms with Gasteiger partial charge in [0.05, 0.1) is 9.32 Å². The van der Waals surface area contributed by atoms with E-state index in [0.717, 1.165) is 53.2 Å². The van der Waals surface area contributed by atoms with E-state index >= 15 is 0 Å². The molecule has 1 saturated heterocycles. The van der Waals surface area contributed by atoms with Crippen LogP contribution in [0.4, 0.5) is 0 Å². The van der Waals surface area contributed by atoms with E-state index in [4.69, 9.17) is 0 Å². The largest absolute Gasteiger partial charge is 0.507 e. The first kappa shape index (κ1) is 23.5. The molecular formula is C25H31IN2OS. The zero-order valence-electron chi connectivity index (χ0n) is 17.9. The maximum absolute atomic E-state index is 10.6. The summed E-state index contributed by atoms with van der Waals surface area (Å²) in [5.41, 5.74) is 1.97. The summed E-state index contributed by atoms with van der Waals surface area (Å²) in [5, 5.41) is 10.6. The standard InChI is InChI=1S/C25H31IN2OS/c1-3-28(4-2)22-12-14-27(15-13-22)19-21-17-20(18-24(26)25(21)29)9-8-16-30-23-10-6-5-7-11-23/h5-7,10-11,17-18,22,29H,3-4,12-16,19H2,1-2H3. The van der Waals surface area contributed by atoms with Gasteiger partial charge in [-0.3, -0.25) is 4.90 Å². The van der Waals surface area contributed by atoms with Crippen molar-refractivity contribution in [1.29, 1.82) is 0 Å². The SMILES string of the molecule is CCN(CC)C1CCN(Cc2cc(C#CCSc3ccccc3)cc(I)c2O)CC1. The lowest BCUT2D eigenvalue weighted by molar-refractivity contribution is 0.112. The zero-order chi connectivity index (χ0) is 21.3. The van der Waals surface area contributed by atoms with Crippen LogP contribution in [0.5, 0.6) is 5.75 Å². The van der Waals surface area contributed by atoms with Gasteiger partial charge in [-0.15, -0.1) is 11.8 Å². The number of phenols is 1. The molecule has 2 aromatic carbocycles. The number of likely N-dealkylation sites (tertiary alicyclic amines) is 1. The van der Waals surface area contributed by atoms with Crippen molar-refractivity contribution in [2.75, 3.05) is 31.9 Å². The monoisotopic (exact) mass is 534 g/mol. The van der Waals surface area contributed by atoms with Crippen LogP contribution in [-0.2, 0) is 6.54 Å². The van der Waals surface area contributed by atoms with E-state index in [1.807, 2.05) is 12.1 Å². The van der Waals surface area contributed by atoms with Crippen molar-refractivity contribution < 1.29 is 5.11 Å². The molecule has 0 saturated carbocycles. The third kappa shape index (κ3) is 6.65. The molecule has 1 aliphatic rings. The fourth-order valence-electron chi connectivity index (χ4n) is 4.05. The Bertz CT molecular complexity index is 866. The van der Waals surface area contributed by atoms with E-state index < -0.39 is 0 Å². The Hall–Kier alpha value is -1.20. The van der Waals surface area contributed by atoms with E-state index in [1.54, 1.807) is 11.8 Å². The van der Waals surface area contributed by atoms with Gasteiger partial charge in [0.2, 0.25) is 0 Å². The first-order valence-electron chi connectivity index (χ1n) is 10.7. The smallest absolute Gasteiger partial charge is 0.133 e. The second-order valence-corrected chi connectivity index (χ2v) is 9.81. The van der Waals surface area contributed by atoms with Gasteiger partial charge in [-0.1, -0.05) is 43.9 Å². The number of rotatable bonds is 7. The Morgan fingerprint density at radius 2 is 1.83 bits per heavy atom. The molecule has 2 aromatic rings. The Kier molecular flexibility index (Phi) is 9.38. The molecule has 3 nitrogen and oxygen atoms in total. The fourth-order valence-corrected chi connectivity index (χ4v) is 5.39. The molecule has 0 unspecified atom stereocenters. The van der Waals surface area contributed by atoms with E-state index in [0.29, 0.717) is 11.8 Å². The summed E-state index contributed by atoms with van der Waals surface area (Å²) < 4.78 is 0.878.